The Morgan fingerprint density at radius 2 is 2.04 bits per heavy atom. The normalized spacial score (nSPS) is 19.5. The highest BCUT2D eigenvalue weighted by atomic mass is 16.5. The van der Waals surface area contributed by atoms with Crippen molar-refractivity contribution < 1.29 is 4.74 Å². The summed E-state index contributed by atoms with van der Waals surface area (Å²) in [7, 11) is 6.34. The predicted molar refractivity (Wildman–Crippen MR) is 100 cm³/mol. The molecule has 2 unspecified atom stereocenters. The second-order valence-corrected chi connectivity index (χ2v) is 6.69. The fourth-order valence-electron chi connectivity index (χ4n) is 3.09. The average molecular weight is 332 g/mol. The monoisotopic (exact) mass is 332 g/mol. The number of hydrogen-bond acceptors (Lipinski definition) is 3. The Bertz CT molecular complexity index is 497. The number of rotatable bonds is 7. The Morgan fingerprint density at radius 3 is 2.62 bits per heavy atom. The largest absolute Gasteiger partial charge is 0.381 e. The van der Waals surface area contributed by atoms with Crippen molar-refractivity contribution in [3.05, 3.63) is 35.9 Å². The van der Waals surface area contributed by atoms with E-state index in [1.807, 2.05) is 0 Å². The number of ether oxygens (including phenoxy) is 1. The van der Waals surface area contributed by atoms with Crippen molar-refractivity contribution in [3.8, 4) is 0 Å². The first-order valence-electron chi connectivity index (χ1n) is 8.90. The molecule has 0 bridgehead atoms. The lowest BCUT2D eigenvalue weighted by Gasteiger charge is -2.27. The summed E-state index contributed by atoms with van der Waals surface area (Å²) in [5.41, 5.74) is 1.30. The van der Waals surface area contributed by atoms with Crippen LogP contribution in [-0.2, 0) is 4.74 Å². The van der Waals surface area contributed by atoms with Gasteiger partial charge < -0.3 is 19.9 Å². The molecule has 1 heterocycles. The van der Waals surface area contributed by atoms with E-state index in [-0.39, 0.29) is 6.04 Å². The van der Waals surface area contributed by atoms with Crippen molar-refractivity contribution in [1.82, 2.24) is 15.1 Å². The summed E-state index contributed by atoms with van der Waals surface area (Å²) in [6, 6.07) is 10.9. The van der Waals surface area contributed by atoms with Gasteiger partial charge in [0.1, 0.15) is 0 Å². The molecule has 134 valence electrons. The molecule has 1 aliphatic heterocycles. The Morgan fingerprint density at radius 1 is 1.29 bits per heavy atom. The van der Waals surface area contributed by atoms with Crippen molar-refractivity contribution in [2.45, 2.75) is 19.4 Å². The van der Waals surface area contributed by atoms with E-state index in [4.69, 9.17) is 9.73 Å². The van der Waals surface area contributed by atoms with Gasteiger partial charge in [0.15, 0.2) is 5.96 Å². The molecule has 24 heavy (non-hydrogen) atoms. The lowest BCUT2D eigenvalue weighted by molar-refractivity contribution is 0.181. The molecule has 1 N–H and O–H groups in total. The van der Waals surface area contributed by atoms with E-state index in [0.29, 0.717) is 5.92 Å². The van der Waals surface area contributed by atoms with Gasteiger partial charge in [0.25, 0.3) is 0 Å². The molecule has 2 atom stereocenters. The molecule has 0 radical (unpaired) electrons. The molecule has 0 saturated carbocycles. The number of benzene rings is 1. The Hall–Kier alpha value is -1.59. The standard InChI is InChI=1S/C19H32N4O/c1-5-20-19(23(4)14-16-11-12-24-15-16)21-13-18(22(2)3)17-9-7-6-8-10-17/h6-10,16,18H,5,11-15H2,1-4H3,(H,20,21). The van der Waals surface area contributed by atoms with E-state index in [9.17, 15) is 0 Å². The van der Waals surface area contributed by atoms with Crippen LogP contribution in [0.25, 0.3) is 0 Å². The zero-order valence-corrected chi connectivity index (χ0v) is 15.5. The first kappa shape index (κ1) is 18.7. The fourth-order valence-corrected chi connectivity index (χ4v) is 3.09. The van der Waals surface area contributed by atoms with Crippen LogP contribution in [0, 0.1) is 5.92 Å². The third-order valence-corrected chi connectivity index (χ3v) is 4.47. The SMILES string of the molecule is CCNC(=NCC(c1ccccc1)N(C)C)N(C)CC1CCOC1. The molecule has 1 aromatic carbocycles. The van der Waals surface area contributed by atoms with Crippen molar-refractivity contribution in [2.24, 2.45) is 10.9 Å². The molecule has 1 aliphatic rings. The quantitative estimate of drug-likeness (QED) is 0.614. The van der Waals surface area contributed by atoms with Crippen molar-refractivity contribution >= 4 is 5.96 Å². The predicted octanol–water partition coefficient (Wildman–Crippen LogP) is 2.22. The molecule has 0 aromatic heterocycles. The van der Waals surface area contributed by atoms with E-state index in [0.717, 1.165) is 45.2 Å². The third kappa shape index (κ3) is 5.49. The van der Waals surface area contributed by atoms with Crippen LogP contribution in [0.2, 0.25) is 0 Å². The highest BCUT2D eigenvalue weighted by Crippen LogP contribution is 2.18. The van der Waals surface area contributed by atoms with Gasteiger partial charge in [-0.2, -0.15) is 0 Å². The number of nitrogens with one attached hydrogen (secondary N) is 1. The number of aliphatic imine (C=N–C) groups is 1. The number of likely N-dealkylation sites (N-methyl/N-ethyl adjacent to an activating group) is 1. The number of hydrogen-bond donors (Lipinski definition) is 1. The second-order valence-electron chi connectivity index (χ2n) is 6.69. The molecule has 1 fully saturated rings. The number of nitrogens with zero attached hydrogens (tertiary/aromatic N) is 3. The van der Waals surface area contributed by atoms with Crippen LogP contribution in [-0.4, -0.2) is 69.8 Å². The second kappa shape index (κ2) is 9.64. The summed E-state index contributed by atoms with van der Waals surface area (Å²) in [6.45, 7) is 6.48. The van der Waals surface area contributed by atoms with E-state index in [1.54, 1.807) is 0 Å². The molecule has 5 nitrogen and oxygen atoms in total. The van der Waals surface area contributed by atoms with Crippen LogP contribution in [0.1, 0.15) is 24.9 Å². The molecular weight excluding hydrogens is 300 g/mol. The molecule has 0 amide bonds. The zero-order chi connectivity index (χ0) is 17.4. The summed E-state index contributed by atoms with van der Waals surface area (Å²) in [5.74, 6) is 1.59. The minimum Gasteiger partial charge on any atom is -0.381 e. The minimum absolute atomic E-state index is 0.281. The first-order chi connectivity index (χ1) is 11.6. The highest BCUT2D eigenvalue weighted by Gasteiger charge is 2.20. The van der Waals surface area contributed by atoms with Gasteiger partial charge in [-0.25, -0.2) is 0 Å². The van der Waals surface area contributed by atoms with Crippen LogP contribution >= 0.6 is 0 Å². The van der Waals surface area contributed by atoms with Gasteiger partial charge >= 0.3 is 0 Å². The van der Waals surface area contributed by atoms with Gasteiger partial charge in [-0.05, 0) is 33.0 Å². The molecule has 0 aliphatic carbocycles. The zero-order valence-electron chi connectivity index (χ0n) is 15.5. The summed E-state index contributed by atoms with van der Waals surface area (Å²) < 4.78 is 5.49. The first-order valence-corrected chi connectivity index (χ1v) is 8.90. The van der Waals surface area contributed by atoms with E-state index in [1.165, 1.54) is 5.56 Å². The smallest absolute Gasteiger partial charge is 0.193 e. The third-order valence-electron chi connectivity index (χ3n) is 4.47. The van der Waals surface area contributed by atoms with Crippen molar-refractivity contribution in [3.63, 3.8) is 0 Å². The van der Waals surface area contributed by atoms with E-state index in [2.05, 4.69) is 73.5 Å². The minimum atomic E-state index is 0.281. The molecule has 1 aromatic rings. The maximum atomic E-state index is 5.49. The van der Waals surface area contributed by atoms with Crippen molar-refractivity contribution in [2.75, 3.05) is 54.0 Å². The van der Waals surface area contributed by atoms with Crippen LogP contribution in [0.15, 0.2) is 35.3 Å². The van der Waals surface area contributed by atoms with Gasteiger partial charge in [-0.3, -0.25) is 4.99 Å². The summed E-state index contributed by atoms with van der Waals surface area (Å²) >= 11 is 0. The molecular formula is C19H32N4O. The molecule has 1 saturated heterocycles. The summed E-state index contributed by atoms with van der Waals surface area (Å²) in [6.07, 6.45) is 1.15. The van der Waals surface area contributed by atoms with Crippen LogP contribution in [0.4, 0.5) is 0 Å². The van der Waals surface area contributed by atoms with Crippen LogP contribution < -0.4 is 5.32 Å². The van der Waals surface area contributed by atoms with Crippen molar-refractivity contribution in [1.29, 1.82) is 0 Å². The molecule has 5 heteroatoms. The van der Waals surface area contributed by atoms with E-state index >= 15 is 0 Å². The Labute approximate surface area is 146 Å². The van der Waals surface area contributed by atoms with Gasteiger partial charge in [-0.1, -0.05) is 30.3 Å². The van der Waals surface area contributed by atoms with Gasteiger partial charge in [0.2, 0.25) is 0 Å². The summed E-state index contributed by atoms with van der Waals surface area (Å²) in [5, 5.41) is 3.42. The highest BCUT2D eigenvalue weighted by molar-refractivity contribution is 5.79. The Balaban J connectivity index is 2.04. The number of guanidine groups is 1. The maximum absolute atomic E-state index is 5.49. The van der Waals surface area contributed by atoms with Crippen LogP contribution in [0.3, 0.4) is 0 Å². The lowest BCUT2D eigenvalue weighted by Crippen LogP contribution is -2.42. The average Bonchev–Trinajstić information content (AvgIpc) is 3.07. The van der Waals surface area contributed by atoms with Gasteiger partial charge in [0.05, 0.1) is 19.2 Å². The fraction of sp³-hybridized carbons (Fsp3) is 0.632. The topological polar surface area (TPSA) is 40.1 Å². The Kier molecular flexibility index (Phi) is 7.53. The maximum Gasteiger partial charge on any atom is 0.193 e. The molecule has 0 spiro atoms. The van der Waals surface area contributed by atoms with Gasteiger partial charge in [-0.15, -0.1) is 0 Å². The van der Waals surface area contributed by atoms with E-state index < -0.39 is 0 Å². The summed E-state index contributed by atoms with van der Waals surface area (Å²) in [4.78, 5) is 9.37. The van der Waals surface area contributed by atoms with Crippen LogP contribution in [0.5, 0.6) is 0 Å². The van der Waals surface area contributed by atoms with Gasteiger partial charge in [0, 0.05) is 32.7 Å². The molecule has 2 rings (SSSR count). The lowest BCUT2D eigenvalue weighted by atomic mass is 10.1.